The number of likely N-dealkylation sites (tertiary alicyclic amines) is 1. The first kappa shape index (κ1) is 17.1. The van der Waals surface area contributed by atoms with Gasteiger partial charge in [0.05, 0.1) is 0 Å². The second kappa shape index (κ2) is 7.89. The summed E-state index contributed by atoms with van der Waals surface area (Å²) in [6.45, 7) is 1.67. The molecule has 138 valence electrons. The maximum absolute atomic E-state index is 12.4. The molecule has 2 aliphatic rings. The lowest BCUT2D eigenvalue weighted by Gasteiger charge is -2.32. The molecule has 2 heterocycles. The van der Waals surface area contributed by atoms with Crippen molar-refractivity contribution >= 4 is 6.03 Å². The lowest BCUT2D eigenvalue weighted by molar-refractivity contribution is 0.166. The van der Waals surface area contributed by atoms with Gasteiger partial charge in [0.1, 0.15) is 5.82 Å². The molecule has 1 aromatic carbocycles. The summed E-state index contributed by atoms with van der Waals surface area (Å²) in [5.74, 6) is 2.26. The molecule has 6 nitrogen and oxygen atoms in total. The Morgan fingerprint density at radius 2 is 1.85 bits per heavy atom. The third-order valence-corrected chi connectivity index (χ3v) is 5.63. The first-order chi connectivity index (χ1) is 12.8. The highest BCUT2D eigenvalue weighted by atomic mass is 16.2. The molecule has 0 atom stereocenters. The summed E-state index contributed by atoms with van der Waals surface area (Å²) in [6.07, 6.45) is 7.72. The number of benzene rings is 1. The van der Waals surface area contributed by atoms with Crippen LogP contribution < -0.4 is 5.32 Å². The van der Waals surface area contributed by atoms with Crippen molar-refractivity contribution in [3.05, 3.63) is 36.2 Å². The van der Waals surface area contributed by atoms with Gasteiger partial charge in [0.15, 0.2) is 5.82 Å². The summed E-state index contributed by atoms with van der Waals surface area (Å²) in [5.41, 5.74) is 1.04. The number of hydrogen-bond acceptors (Lipinski definition) is 3. The van der Waals surface area contributed by atoms with E-state index in [0.29, 0.717) is 12.0 Å². The van der Waals surface area contributed by atoms with Gasteiger partial charge >= 0.3 is 6.03 Å². The van der Waals surface area contributed by atoms with Gasteiger partial charge in [0.2, 0.25) is 0 Å². The van der Waals surface area contributed by atoms with Crippen LogP contribution in [0.5, 0.6) is 0 Å². The Morgan fingerprint density at radius 1 is 1.12 bits per heavy atom. The van der Waals surface area contributed by atoms with E-state index in [1.165, 1.54) is 12.8 Å². The second-order valence-electron chi connectivity index (χ2n) is 7.54. The molecule has 1 saturated carbocycles. The number of urea groups is 1. The Bertz CT molecular complexity index is 715. The van der Waals surface area contributed by atoms with Crippen LogP contribution in [0.4, 0.5) is 4.79 Å². The van der Waals surface area contributed by atoms with E-state index in [1.807, 2.05) is 35.2 Å². The van der Waals surface area contributed by atoms with Crippen molar-refractivity contribution < 1.29 is 4.79 Å². The zero-order valence-corrected chi connectivity index (χ0v) is 15.2. The van der Waals surface area contributed by atoms with Gasteiger partial charge in [-0.2, -0.15) is 5.10 Å². The van der Waals surface area contributed by atoms with Crippen molar-refractivity contribution in [3.63, 3.8) is 0 Å². The van der Waals surface area contributed by atoms with E-state index in [2.05, 4.69) is 20.5 Å². The van der Waals surface area contributed by atoms with Crippen molar-refractivity contribution in [1.82, 2.24) is 25.4 Å². The number of rotatable bonds is 4. The molecule has 2 fully saturated rings. The number of carbonyl (C=O) groups excluding carboxylic acids is 1. The first-order valence-corrected chi connectivity index (χ1v) is 9.80. The van der Waals surface area contributed by atoms with Crippen LogP contribution in [-0.4, -0.2) is 45.2 Å². The average molecular weight is 353 g/mol. The minimum atomic E-state index is 0.126. The zero-order chi connectivity index (χ0) is 17.8. The summed E-state index contributed by atoms with van der Waals surface area (Å²) >= 11 is 0. The number of amides is 2. The van der Waals surface area contributed by atoms with E-state index < -0.39 is 0 Å². The lowest BCUT2D eigenvalue weighted by atomic mass is 9.93. The van der Waals surface area contributed by atoms with E-state index in [1.54, 1.807) is 0 Å². The van der Waals surface area contributed by atoms with Crippen molar-refractivity contribution in [2.45, 2.75) is 51.0 Å². The molecule has 2 amide bonds. The summed E-state index contributed by atoms with van der Waals surface area (Å²) in [7, 11) is 0. The highest BCUT2D eigenvalue weighted by molar-refractivity contribution is 5.74. The maximum atomic E-state index is 12.4. The number of H-pyrrole nitrogens is 1. The normalized spacial score (nSPS) is 19.0. The van der Waals surface area contributed by atoms with Gasteiger partial charge in [-0.05, 0) is 31.6 Å². The first-order valence-electron chi connectivity index (χ1n) is 9.80. The van der Waals surface area contributed by atoms with Gasteiger partial charge in [-0.15, -0.1) is 0 Å². The summed E-state index contributed by atoms with van der Waals surface area (Å²) in [5, 5.41) is 10.6. The standard InChI is InChI=1S/C20H27N5O/c26-20(21-17-8-4-5-9-17)25-12-10-15(11-13-25)14-18-22-19(24-23-18)16-6-2-1-3-7-16/h1-3,6-7,15,17H,4-5,8-14H2,(H,21,26)(H,22,23,24). The van der Waals surface area contributed by atoms with Gasteiger partial charge in [-0.3, -0.25) is 5.10 Å². The topological polar surface area (TPSA) is 73.9 Å². The van der Waals surface area contributed by atoms with Gasteiger partial charge in [0.25, 0.3) is 0 Å². The minimum absolute atomic E-state index is 0.126. The SMILES string of the molecule is O=C(NC1CCCC1)N1CCC(Cc2nc(-c3ccccc3)n[nH]2)CC1. The fraction of sp³-hybridized carbons (Fsp3) is 0.550. The second-order valence-corrected chi connectivity index (χ2v) is 7.54. The molecule has 2 aromatic rings. The molecule has 26 heavy (non-hydrogen) atoms. The highest BCUT2D eigenvalue weighted by Crippen LogP contribution is 2.23. The largest absolute Gasteiger partial charge is 0.335 e. The van der Waals surface area contributed by atoms with Crippen LogP contribution in [0.1, 0.15) is 44.3 Å². The Kier molecular flexibility index (Phi) is 5.18. The van der Waals surface area contributed by atoms with Gasteiger partial charge in [0, 0.05) is 31.1 Å². The molecule has 6 heteroatoms. The van der Waals surface area contributed by atoms with Crippen LogP contribution in [-0.2, 0) is 6.42 Å². The van der Waals surface area contributed by atoms with Crippen LogP contribution >= 0.6 is 0 Å². The Balaban J connectivity index is 1.26. The van der Waals surface area contributed by atoms with Crippen LogP contribution in [0.15, 0.2) is 30.3 Å². The molecule has 1 aliphatic carbocycles. The van der Waals surface area contributed by atoms with Gasteiger partial charge < -0.3 is 10.2 Å². The molecule has 0 spiro atoms. The molecule has 1 aliphatic heterocycles. The van der Waals surface area contributed by atoms with Gasteiger partial charge in [-0.1, -0.05) is 43.2 Å². The summed E-state index contributed by atoms with van der Waals surface area (Å²) in [6, 6.07) is 10.6. The molecule has 4 rings (SSSR count). The zero-order valence-electron chi connectivity index (χ0n) is 15.2. The molecule has 0 unspecified atom stereocenters. The van der Waals surface area contributed by atoms with E-state index in [0.717, 1.165) is 62.4 Å². The Morgan fingerprint density at radius 3 is 2.58 bits per heavy atom. The van der Waals surface area contributed by atoms with E-state index in [4.69, 9.17) is 0 Å². The maximum Gasteiger partial charge on any atom is 0.317 e. The smallest absolute Gasteiger partial charge is 0.317 e. The number of nitrogens with one attached hydrogen (secondary N) is 2. The molecule has 2 N–H and O–H groups in total. The molecular formula is C20H27N5O. The van der Waals surface area contributed by atoms with Crippen LogP contribution in [0.3, 0.4) is 0 Å². The Labute approximate surface area is 154 Å². The fourth-order valence-electron chi connectivity index (χ4n) is 4.05. The third kappa shape index (κ3) is 4.06. The number of nitrogens with zero attached hydrogens (tertiary/aromatic N) is 3. The highest BCUT2D eigenvalue weighted by Gasteiger charge is 2.26. The molecule has 0 radical (unpaired) electrons. The predicted octanol–water partition coefficient (Wildman–Crippen LogP) is 3.38. The number of aromatic nitrogens is 3. The van der Waals surface area contributed by atoms with Crippen LogP contribution in [0.2, 0.25) is 0 Å². The lowest BCUT2D eigenvalue weighted by Crippen LogP contribution is -2.47. The Hall–Kier alpha value is -2.37. The molecular weight excluding hydrogens is 326 g/mol. The number of piperidine rings is 1. The van der Waals surface area contributed by atoms with E-state index in [-0.39, 0.29) is 6.03 Å². The van der Waals surface area contributed by atoms with Crippen molar-refractivity contribution in [1.29, 1.82) is 0 Å². The summed E-state index contributed by atoms with van der Waals surface area (Å²) in [4.78, 5) is 19.0. The van der Waals surface area contributed by atoms with Gasteiger partial charge in [-0.25, -0.2) is 9.78 Å². The third-order valence-electron chi connectivity index (χ3n) is 5.63. The van der Waals surface area contributed by atoms with E-state index in [9.17, 15) is 4.79 Å². The number of hydrogen-bond donors (Lipinski definition) is 2. The minimum Gasteiger partial charge on any atom is -0.335 e. The van der Waals surface area contributed by atoms with Crippen LogP contribution in [0.25, 0.3) is 11.4 Å². The fourth-order valence-corrected chi connectivity index (χ4v) is 4.05. The summed E-state index contributed by atoms with van der Waals surface area (Å²) < 4.78 is 0. The monoisotopic (exact) mass is 353 g/mol. The van der Waals surface area contributed by atoms with E-state index >= 15 is 0 Å². The van der Waals surface area contributed by atoms with Crippen molar-refractivity contribution in [3.8, 4) is 11.4 Å². The molecule has 1 saturated heterocycles. The average Bonchev–Trinajstić information content (AvgIpc) is 3.35. The molecule has 1 aromatic heterocycles. The van der Waals surface area contributed by atoms with Crippen molar-refractivity contribution in [2.75, 3.05) is 13.1 Å². The van der Waals surface area contributed by atoms with Crippen molar-refractivity contribution in [2.24, 2.45) is 5.92 Å². The van der Waals surface area contributed by atoms with Crippen LogP contribution in [0, 0.1) is 5.92 Å². The number of carbonyl (C=O) groups is 1. The number of aromatic amines is 1. The molecule has 0 bridgehead atoms. The predicted molar refractivity (Wildman–Crippen MR) is 101 cm³/mol. The quantitative estimate of drug-likeness (QED) is 0.885.